The fourth-order valence-electron chi connectivity index (χ4n) is 6.80. The average Bonchev–Trinajstić information content (AvgIpc) is 2.97. The molecule has 170 valence electrons. The first-order chi connectivity index (χ1) is 13.3. The van der Waals surface area contributed by atoms with E-state index in [0.717, 1.165) is 43.8 Å². The van der Waals surface area contributed by atoms with Gasteiger partial charge in [-0.3, -0.25) is 4.79 Å². The van der Waals surface area contributed by atoms with Crippen LogP contribution < -0.4 is 0 Å². The quantitative estimate of drug-likeness (QED) is 0.333. The van der Waals surface area contributed by atoms with Gasteiger partial charge in [0.2, 0.25) is 0 Å². The van der Waals surface area contributed by atoms with E-state index in [-0.39, 0.29) is 36.0 Å². The Morgan fingerprint density at radius 3 is 2.31 bits per heavy atom. The van der Waals surface area contributed by atoms with Crippen LogP contribution in [0.4, 0.5) is 8.78 Å². The molecule has 2 nitrogen and oxygen atoms in total. The van der Waals surface area contributed by atoms with Crippen LogP contribution in [0, 0.1) is 23.2 Å². The largest absolute Gasteiger partial charge is 0.412 e. The Balaban J connectivity index is 2.05. The van der Waals surface area contributed by atoms with E-state index in [2.05, 4.69) is 27.7 Å². The standard InChI is InChI=1S/C24H44F2O2Si/c1-8-29(9-2,10-3)28-22(5,6)17-24(25,26)16-18(4)19-13-14-20-21(27)12-11-15-23(19,20)7/h18-20H,8-17H2,1-7H3/t18-,19-,20+,23-/m1/s1. The van der Waals surface area contributed by atoms with Crippen molar-refractivity contribution in [2.75, 3.05) is 0 Å². The van der Waals surface area contributed by atoms with Crippen LogP contribution in [0.2, 0.25) is 18.1 Å². The number of fused-ring (bicyclic) bond motifs is 1. The third kappa shape index (κ3) is 5.50. The highest BCUT2D eigenvalue weighted by atomic mass is 28.4. The normalized spacial score (nSPS) is 29.8. The maximum Gasteiger partial charge on any atom is 0.251 e. The summed E-state index contributed by atoms with van der Waals surface area (Å²) in [6.07, 6.45) is 4.11. The predicted octanol–water partition coefficient (Wildman–Crippen LogP) is 7.62. The number of rotatable bonds is 10. The van der Waals surface area contributed by atoms with Crippen molar-refractivity contribution in [2.45, 2.75) is 123 Å². The third-order valence-electron chi connectivity index (χ3n) is 8.35. The van der Waals surface area contributed by atoms with Crippen LogP contribution in [0.15, 0.2) is 0 Å². The second kappa shape index (κ2) is 9.06. The molecule has 5 heteroatoms. The molecule has 2 rings (SSSR count). The molecule has 29 heavy (non-hydrogen) atoms. The third-order valence-corrected chi connectivity index (χ3v) is 13.2. The lowest BCUT2D eigenvalue weighted by Crippen LogP contribution is -2.47. The summed E-state index contributed by atoms with van der Waals surface area (Å²) in [5.74, 6) is -2.13. The smallest absolute Gasteiger partial charge is 0.251 e. The van der Waals surface area contributed by atoms with E-state index < -0.39 is 19.8 Å². The molecule has 2 aliphatic carbocycles. The fourth-order valence-corrected chi connectivity index (χ4v) is 9.98. The van der Waals surface area contributed by atoms with Gasteiger partial charge in [0, 0.05) is 25.2 Å². The van der Waals surface area contributed by atoms with Gasteiger partial charge in [-0.15, -0.1) is 0 Å². The molecule has 4 atom stereocenters. The van der Waals surface area contributed by atoms with Gasteiger partial charge in [0.1, 0.15) is 5.78 Å². The van der Waals surface area contributed by atoms with E-state index >= 15 is 8.78 Å². The van der Waals surface area contributed by atoms with Crippen LogP contribution in [-0.2, 0) is 9.22 Å². The summed E-state index contributed by atoms with van der Waals surface area (Å²) in [4.78, 5) is 12.4. The van der Waals surface area contributed by atoms with Crippen LogP contribution >= 0.6 is 0 Å². The van der Waals surface area contributed by atoms with E-state index in [1.165, 1.54) is 0 Å². The molecular weight excluding hydrogens is 386 g/mol. The number of hydrogen-bond acceptors (Lipinski definition) is 2. The molecule has 0 radical (unpaired) electrons. The van der Waals surface area contributed by atoms with Crippen LogP contribution in [-0.4, -0.2) is 25.6 Å². The summed E-state index contributed by atoms with van der Waals surface area (Å²) < 4.78 is 36.9. The second-order valence-electron chi connectivity index (χ2n) is 10.9. The maximum atomic E-state index is 15.2. The Bertz CT molecular complexity index is 565. The Hall–Kier alpha value is -0.293. The number of halogens is 2. The highest BCUT2D eigenvalue weighted by Gasteiger charge is 2.54. The van der Waals surface area contributed by atoms with Gasteiger partial charge in [0.25, 0.3) is 5.92 Å². The van der Waals surface area contributed by atoms with Crippen molar-refractivity contribution in [3.8, 4) is 0 Å². The Morgan fingerprint density at radius 1 is 1.17 bits per heavy atom. The molecule has 0 spiro atoms. The summed E-state index contributed by atoms with van der Waals surface area (Å²) in [6, 6.07) is 2.92. The van der Waals surface area contributed by atoms with Gasteiger partial charge in [-0.05, 0) is 74.9 Å². The van der Waals surface area contributed by atoms with Crippen LogP contribution in [0.5, 0.6) is 0 Å². The van der Waals surface area contributed by atoms with Crippen LogP contribution in [0.1, 0.15) is 93.4 Å². The highest BCUT2D eigenvalue weighted by Crippen LogP contribution is 2.57. The number of hydrogen-bond donors (Lipinski definition) is 0. The van der Waals surface area contributed by atoms with Crippen molar-refractivity contribution in [2.24, 2.45) is 23.2 Å². The van der Waals surface area contributed by atoms with E-state index in [9.17, 15) is 4.79 Å². The van der Waals surface area contributed by atoms with Crippen molar-refractivity contribution in [3.63, 3.8) is 0 Å². The molecule has 0 aromatic heterocycles. The van der Waals surface area contributed by atoms with Gasteiger partial charge in [-0.25, -0.2) is 8.78 Å². The Morgan fingerprint density at radius 2 is 1.76 bits per heavy atom. The number of carbonyl (C=O) groups is 1. The van der Waals surface area contributed by atoms with Gasteiger partial charge in [-0.2, -0.15) is 0 Å². The van der Waals surface area contributed by atoms with Gasteiger partial charge in [0.05, 0.1) is 5.60 Å². The summed E-state index contributed by atoms with van der Waals surface area (Å²) in [5.41, 5.74) is -0.883. The first kappa shape index (κ1) is 25.0. The molecular formula is C24H44F2O2Si. The topological polar surface area (TPSA) is 26.3 Å². The summed E-state index contributed by atoms with van der Waals surface area (Å²) in [5, 5.41) is 0. The van der Waals surface area contributed by atoms with Crippen LogP contribution in [0.3, 0.4) is 0 Å². The van der Waals surface area contributed by atoms with Gasteiger partial charge in [-0.1, -0.05) is 34.6 Å². The minimum atomic E-state index is -2.74. The molecule has 0 N–H and O–H groups in total. The summed E-state index contributed by atoms with van der Waals surface area (Å²) in [7, 11) is -1.93. The van der Waals surface area contributed by atoms with E-state index in [1.807, 2.05) is 20.8 Å². The minimum absolute atomic E-state index is 0.0766. The molecule has 0 aromatic carbocycles. The monoisotopic (exact) mass is 430 g/mol. The van der Waals surface area contributed by atoms with Crippen molar-refractivity contribution in [3.05, 3.63) is 0 Å². The average molecular weight is 431 g/mol. The number of carbonyl (C=O) groups excluding carboxylic acids is 1. The molecule has 0 bridgehead atoms. The van der Waals surface area contributed by atoms with Crippen molar-refractivity contribution in [1.82, 2.24) is 0 Å². The molecule has 2 saturated carbocycles. The first-order valence-corrected chi connectivity index (χ1v) is 14.5. The number of alkyl halides is 2. The van der Waals surface area contributed by atoms with Crippen molar-refractivity contribution < 1.29 is 18.0 Å². The lowest BCUT2D eigenvalue weighted by molar-refractivity contribution is -0.130. The summed E-state index contributed by atoms with van der Waals surface area (Å²) in [6.45, 7) is 14.3. The fraction of sp³-hybridized carbons (Fsp3) is 0.958. The lowest BCUT2D eigenvalue weighted by atomic mass is 9.61. The molecule has 0 aliphatic heterocycles. The van der Waals surface area contributed by atoms with E-state index in [4.69, 9.17) is 4.43 Å². The summed E-state index contributed by atoms with van der Waals surface area (Å²) >= 11 is 0. The molecule has 0 amide bonds. The van der Waals surface area contributed by atoms with Gasteiger partial charge in [0.15, 0.2) is 8.32 Å². The molecule has 2 fully saturated rings. The van der Waals surface area contributed by atoms with Crippen LogP contribution in [0.25, 0.3) is 0 Å². The first-order valence-electron chi connectivity index (χ1n) is 11.9. The van der Waals surface area contributed by atoms with E-state index in [0.29, 0.717) is 12.2 Å². The highest BCUT2D eigenvalue weighted by molar-refractivity contribution is 6.73. The van der Waals surface area contributed by atoms with Gasteiger partial charge < -0.3 is 4.43 Å². The molecule has 0 saturated heterocycles. The minimum Gasteiger partial charge on any atom is -0.412 e. The molecule has 0 unspecified atom stereocenters. The molecule has 0 heterocycles. The van der Waals surface area contributed by atoms with Crippen molar-refractivity contribution >= 4 is 14.1 Å². The number of Topliss-reactive ketones (excluding diaryl/α,β-unsaturated/α-hetero) is 1. The molecule has 2 aliphatic rings. The lowest BCUT2D eigenvalue weighted by Gasteiger charge is -2.43. The maximum absolute atomic E-state index is 15.2. The molecule has 0 aromatic rings. The number of ketones is 1. The SMILES string of the molecule is CC[Si](CC)(CC)OC(C)(C)CC(F)(F)C[C@@H](C)[C@H]1CC[C@H]2C(=O)CCC[C@]12C. The zero-order valence-corrected chi connectivity index (χ0v) is 20.9. The predicted molar refractivity (Wildman–Crippen MR) is 119 cm³/mol. The zero-order valence-electron chi connectivity index (χ0n) is 19.9. The van der Waals surface area contributed by atoms with E-state index in [1.54, 1.807) is 0 Å². The Labute approximate surface area is 178 Å². The zero-order chi connectivity index (χ0) is 22.1. The van der Waals surface area contributed by atoms with Gasteiger partial charge >= 0.3 is 0 Å². The Kier molecular flexibility index (Phi) is 7.80. The second-order valence-corrected chi connectivity index (χ2v) is 15.6. The van der Waals surface area contributed by atoms with Crippen molar-refractivity contribution in [1.29, 1.82) is 0 Å².